The van der Waals surface area contributed by atoms with Crippen LogP contribution in [-0.4, -0.2) is 67.5 Å². The van der Waals surface area contributed by atoms with E-state index < -0.39 is 11.2 Å². The highest BCUT2D eigenvalue weighted by Crippen LogP contribution is 2.16. The Kier molecular flexibility index (Phi) is 7.82. The number of para-hydroxylation sites is 1. The van der Waals surface area contributed by atoms with Crippen LogP contribution in [0.3, 0.4) is 0 Å². The number of piperazine rings is 1. The van der Waals surface area contributed by atoms with Crippen molar-refractivity contribution in [1.29, 1.82) is 0 Å². The summed E-state index contributed by atoms with van der Waals surface area (Å²) >= 11 is 0. The fraction of sp³-hybridized carbons (Fsp3) is 0.520. The van der Waals surface area contributed by atoms with Crippen LogP contribution in [0.1, 0.15) is 38.1 Å². The summed E-state index contributed by atoms with van der Waals surface area (Å²) in [6.07, 6.45) is 2.66. The standard InChI is InChI=1S/C25H35N7O3/c1-4-6-11-32-23-22(24(34)28-25(32)35)29(3)20(27-23)16-30-12-14-31(15-13-30)17-21(33)26-19-10-8-7-9-18(19)5-2/h7-10H,4-6,11-17H2,1-3H3,(H,26,33)(H,28,34,35). The highest BCUT2D eigenvalue weighted by molar-refractivity contribution is 5.93. The lowest BCUT2D eigenvalue weighted by Gasteiger charge is -2.34. The number of H-pyrrole nitrogens is 1. The lowest BCUT2D eigenvalue weighted by atomic mass is 10.1. The fourth-order valence-electron chi connectivity index (χ4n) is 4.61. The molecule has 1 amide bonds. The second kappa shape index (κ2) is 11.0. The van der Waals surface area contributed by atoms with Crippen molar-refractivity contribution < 1.29 is 4.79 Å². The van der Waals surface area contributed by atoms with Crippen molar-refractivity contribution in [3.8, 4) is 0 Å². The van der Waals surface area contributed by atoms with E-state index in [4.69, 9.17) is 4.98 Å². The van der Waals surface area contributed by atoms with Crippen LogP contribution in [-0.2, 0) is 31.4 Å². The summed E-state index contributed by atoms with van der Waals surface area (Å²) in [6, 6.07) is 7.90. The number of aromatic amines is 1. The Balaban J connectivity index is 1.38. The van der Waals surface area contributed by atoms with E-state index in [-0.39, 0.29) is 5.91 Å². The monoisotopic (exact) mass is 481 g/mol. The first-order valence-electron chi connectivity index (χ1n) is 12.4. The largest absolute Gasteiger partial charge is 0.330 e. The van der Waals surface area contributed by atoms with Crippen LogP contribution in [0.5, 0.6) is 0 Å². The van der Waals surface area contributed by atoms with E-state index in [0.29, 0.717) is 30.8 Å². The molecule has 1 aromatic carbocycles. The zero-order chi connectivity index (χ0) is 24.9. The minimum atomic E-state index is -0.408. The molecule has 0 aliphatic carbocycles. The summed E-state index contributed by atoms with van der Waals surface area (Å²) in [4.78, 5) is 49.0. The maximum atomic E-state index is 12.6. The number of anilines is 1. The predicted octanol–water partition coefficient (Wildman–Crippen LogP) is 1.54. The molecule has 10 heteroatoms. The predicted molar refractivity (Wildman–Crippen MR) is 137 cm³/mol. The van der Waals surface area contributed by atoms with Crippen LogP contribution < -0.4 is 16.6 Å². The number of hydrogen-bond acceptors (Lipinski definition) is 6. The molecule has 3 heterocycles. The van der Waals surface area contributed by atoms with Gasteiger partial charge in [-0.25, -0.2) is 9.78 Å². The molecule has 1 aliphatic heterocycles. The van der Waals surface area contributed by atoms with E-state index in [9.17, 15) is 14.4 Å². The number of carbonyl (C=O) groups is 1. The van der Waals surface area contributed by atoms with Gasteiger partial charge in [0.15, 0.2) is 11.2 Å². The number of imidazole rings is 1. The van der Waals surface area contributed by atoms with Crippen molar-refractivity contribution in [1.82, 2.24) is 28.9 Å². The number of aromatic nitrogens is 4. The average Bonchev–Trinajstić information content (AvgIpc) is 3.16. The van der Waals surface area contributed by atoms with Gasteiger partial charge in [-0.2, -0.15) is 0 Å². The molecule has 0 bridgehead atoms. The van der Waals surface area contributed by atoms with Crippen molar-refractivity contribution in [2.75, 3.05) is 38.0 Å². The van der Waals surface area contributed by atoms with Crippen LogP contribution in [0.4, 0.5) is 5.69 Å². The molecular weight excluding hydrogens is 446 g/mol. The summed E-state index contributed by atoms with van der Waals surface area (Å²) in [6.45, 7) is 8.74. The summed E-state index contributed by atoms with van der Waals surface area (Å²) < 4.78 is 3.36. The van der Waals surface area contributed by atoms with Gasteiger partial charge in [0.1, 0.15) is 5.82 Å². The molecule has 1 aliphatic rings. The summed E-state index contributed by atoms with van der Waals surface area (Å²) in [5.41, 5.74) is 2.08. The lowest BCUT2D eigenvalue weighted by Crippen LogP contribution is -2.48. The van der Waals surface area contributed by atoms with E-state index >= 15 is 0 Å². The van der Waals surface area contributed by atoms with Gasteiger partial charge in [-0.05, 0) is 24.5 Å². The minimum Gasteiger partial charge on any atom is -0.325 e. The van der Waals surface area contributed by atoms with E-state index in [2.05, 4.69) is 33.9 Å². The number of nitrogens with one attached hydrogen (secondary N) is 2. The zero-order valence-electron chi connectivity index (χ0n) is 20.8. The second-order valence-corrected chi connectivity index (χ2v) is 9.13. The van der Waals surface area contributed by atoms with Gasteiger partial charge in [-0.1, -0.05) is 38.5 Å². The van der Waals surface area contributed by atoms with Gasteiger partial charge in [0.2, 0.25) is 5.91 Å². The number of unbranched alkanes of at least 4 members (excludes halogenated alkanes) is 1. The van der Waals surface area contributed by atoms with E-state index in [1.807, 2.05) is 31.3 Å². The average molecular weight is 482 g/mol. The Morgan fingerprint density at radius 2 is 1.80 bits per heavy atom. The number of aryl methyl sites for hydroxylation is 3. The molecule has 1 fully saturated rings. The number of benzene rings is 1. The van der Waals surface area contributed by atoms with E-state index in [0.717, 1.165) is 62.5 Å². The first kappa shape index (κ1) is 24.9. The third kappa shape index (κ3) is 5.54. The number of nitrogens with zero attached hydrogens (tertiary/aromatic N) is 5. The third-order valence-corrected chi connectivity index (χ3v) is 6.71. The summed E-state index contributed by atoms with van der Waals surface area (Å²) in [5.74, 6) is 0.752. The number of fused-ring (bicyclic) bond motifs is 1. The summed E-state index contributed by atoms with van der Waals surface area (Å²) in [7, 11) is 1.82. The van der Waals surface area contributed by atoms with Gasteiger partial charge in [-0.3, -0.25) is 28.9 Å². The molecule has 0 spiro atoms. The van der Waals surface area contributed by atoms with Crippen LogP contribution in [0.2, 0.25) is 0 Å². The zero-order valence-corrected chi connectivity index (χ0v) is 20.8. The molecule has 0 saturated carbocycles. The lowest BCUT2D eigenvalue weighted by molar-refractivity contribution is -0.117. The highest BCUT2D eigenvalue weighted by Gasteiger charge is 2.22. The first-order valence-corrected chi connectivity index (χ1v) is 12.4. The number of hydrogen-bond donors (Lipinski definition) is 2. The Morgan fingerprint density at radius 1 is 1.09 bits per heavy atom. The first-order chi connectivity index (χ1) is 16.9. The molecule has 35 heavy (non-hydrogen) atoms. The van der Waals surface area contributed by atoms with Gasteiger partial charge in [0.25, 0.3) is 5.56 Å². The topological polar surface area (TPSA) is 108 Å². The fourth-order valence-corrected chi connectivity index (χ4v) is 4.61. The van der Waals surface area contributed by atoms with Crippen molar-refractivity contribution in [2.45, 2.75) is 46.2 Å². The SMILES string of the molecule is CCCCn1c(=O)[nH]c(=O)c2c1nc(CN1CCN(CC(=O)Nc3ccccc3CC)CC1)n2C. The molecule has 0 radical (unpaired) electrons. The summed E-state index contributed by atoms with van der Waals surface area (Å²) in [5, 5.41) is 3.04. The van der Waals surface area contributed by atoms with Crippen LogP contribution >= 0.6 is 0 Å². The Hall–Kier alpha value is -3.24. The molecule has 3 aromatic rings. The Morgan fingerprint density at radius 3 is 2.51 bits per heavy atom. The minimum absolute atomic E-state index is 0.000948. The molecular formula is C25H35N7O3. The van der Waals surface area contributed by atoms with Crippen LogP contribution in [0, 0.1) is 0 Å². The van der Waals surface area contributed by atoms with E-state index in [1.165, 1.54) is 0 Å². The van der Waals surface area contributed by atoms with Crippen molar-refractivity contribution in [3.05, 3.63) is 56.5 Å². The highest BCUT2D eigenvalue weighted by atomic mass is 16.2. The molecule has 0 atom stereocenters. The van der Waals surface area contributed by atoms with Gasteiger partial charge in [0.05, 0.1) is 13.1 Å². The number of amides is 1. The molecule has 0 unspecified atom stereocenters. The van der Waals surface area contributed by atoms with Gasteiger partial charge in [0, 0.05) is 45.5 Å². The molecule has 4 rings (SSSR count). The third-order valence-electron chi connectivity index (χ3n) is 6.71. The van der Waals surface area contributed by atoms with Crippen molar-refractivity contribution in [2.24, 2.45) is 7.05 Å². The maximum Gasteiger partial charge on any atom is 0.330 e. The Labute approximate surface area is 204 Å². The Bertz CT molecular complexity index is 1300. The van der Waals surface area contributed by atoms with Crippen LogP contribution in [0.25, 0.3) is 11.2 Å². The van der Waals surface area contributed by atoms with Gasteiger partial charge < -0.3 is 9.88 Å². The molecule has 10 nitrogen and oxygen atoms in total. The van der Waals surface area contributed by atoms with Crippen molar-refractivity contribution in [3.63, 3.8) is 0 Å². The smallest absolute Gasteiger partial charge is 0.325 e. The quantitative estimate of drug-likeness (QED) is 0.480. The molecule has 1 saturated heterocycles. The number of carbonyl (C=O) groups excluding carboxylic acids is 1. The number of rotatable bonds is 9. The van der Waals surface area contributed by atoms with Gasteiger partial charge in [-0.15, -0.1) is 0 Å². The molecule has 2 aromatic heterocycles. The van der Waals surface area contributed by atoms with Gasteiger partial charge >= 0.3 is 5.69 Å². The van der Waals surface area contributed by atoms with Crippen LogP contribution in [0.15, 0.2) is 33.9 Å². The normalized spacial score (nSPS) is 15.1. The molecule has 188 valence electrons. The van der Waals surface area contributed by atoms with Crippen molar-refractivity contribution >= 4 is 22.8 Å². The maximum absolute atomic E-state index is 12.6. The van der Waals surface area contributed by atoms with E-state index in [1.54, 1.807) is 9.13 Å². The molecule has 2 N–H and O–H groups in total. The second-order valence-electron chi connectivity index (χ2n) is 9.13.